The molecule has 0 unspecified atom stereocenters. The van der Waals surface area contributed by atoms with E-state index in [4.69, 9.17) is 0 Å². The lowest BCUT2D eigenvalue weighted by Gasteiger charge is -2.06. The van der Waals surface area contributed by atoms with Crippen molar-refractivity contribution in [3.05, 3.63) is 83.2 Å². The number of amides is 2. The summed E-state index contributed by atoms with van der Waals surface area (Å²) in [7, 11) is 0. The molecule has 0 bridgehead atoms. The van der Waals surface area contributed by atoms with E-state index in [2.05, 4.69) is 20.8 Å². The monoisotopic (exact) mass is 410 g/mol. The van der Waals surface area contributed by atoms with Crippen LogP contribution in [-0.4, -0.2) is 27.8 Å². The molecule has 148 valence electrons. The zero-order valence-corrected chi connectivity index (χ0v) is 16.5. The summed E-state index contributed by atoms with van der Waals surface area (Å²) >= 11 is 1.23. The number of aryl methyl sites for hydroxylation is 1. The Kier molecular flexibility index (Phi) is 6.91. The molecule has 1 aromatic heterocycles. The van der Waals surface area contributed by atoms with Crippen molar-refractivity contribution in [2.75, 3.05) is 11.1 Å². The van der Waals surface area contributed by atoms with Crippen molar-refractivity contribution in [3.8, 4) is 0 Å². The van der Waals surface area contributed by atoms with E-state index in [1.54, 1.807) is 18.2 Å². The van der Waals surface area contributed by atoms with Crippen molar-refractivity contribution >= 4 is 29.4 Å². The molecule has 8 heteroatoms. The fourth-order valence-corrected chi connectivity index (χ4v) is 3.03. The average Bonchev–Trinajstić information content (AvgIpc) is 2.73. The zero-order valence-electron chi connectivity index (χ0n) is 15.7. The van der Waals surface area contributed by atoms with Crippen LogP contribution >= 0.6 is 11.8 Å². The summed E-state index contributed by atoms with van der Waals surface area (Å²) in [6, 6.07) is 16.8. The highest BCUT2D eigenvalue weighted by atomic mass is 32.2. The van der Waals surface area contributed by atoms with Crippen LogP contribution in [0.2, 0.25) is 0 Å². The summed E-state index contributed by atoms with van der Waals surface area (Å²) in [5, 5.41) is 13.8. The zero-order chi connectivity index (χ0) is 20.6. The molecule has 0 fully saturated rings. The molecule has 2 N–H and O–H groups in total. The Morgan fingerprint density at radius 1 is 1.00 bits per heavy atom. The van der Waals surface area contributed by atoms with Gasteiger partial charge < -0.3 is 10.6 Å². The minimum atomic E-state index is -0.609. The number of rotatable bonds is 7. The van der Waals surface area contributed by atoms with Gasteiger partial charge in [-0.15, -0.1) is 10.2 Å². The van der Waals surface area contributed by atoms with Gasteiger partial charge in [0.15, 0.2) is 5.82 Å². The number of anilines is 1. The molecule has 0 aliphatic rings. The molecule has 29 heavy (non-hydrogen) atoms. The molecule has 1 heterocycles. The van der Waals surface area contributed by atoms with Gasteiger partial charge in [-0.1, -0.05) is 53.7 Å². The van der Waals surface area contributed by atoms with E-state index in [9.17, 15) is 14.0 Å². The number of benzene rings is 2. The van der Waals surface area contributed by atoms with Gasteiger partial charge in [0.05, 0.1) is 11.3 Å². The predicted octanol–water partition coefficient (Wildman–Crippen LogP) is 3.58. The molecule has 3 aromatic rings. The highest BCUT2D eigenvalue weighted by molar-refractivity contribution is 7.99. The Balaban J connectivity index is 1.46. The largest absolute Gasteiger partial charge is 0.351 e. The maximum Gasteiger partial charge on any atom is 0.259 e. The lowest BCUT2D eigenvalue weighted by Crippen LogP contribution is -2.24. The van der Waals surface area contributed by atoms with Gasteiger partial charge in [0.25, 0.3) is 5.91 Å². The van der Waals surface area contributed by atoms with Gasteiger partial charge in [0.2, 0.25) is 5.91 Å². The number of halogens is 1. The van der Waals surface area contributed by atoms with Crippen molar-refractivity contribution in [2.45, 2.75) is 18.5 Å². The van der Waals surface area contributed by atoms with E-state index in [0.717, 1.165) is 5.56 Å². The third kappa shape index (κ3) is 6.11. The number of nitrogens with zero attached hydrogens (tertiary/aromatic N) is 2. The standard InChI is InChI=1S/C21H19FN4O2S/c1-14-6-8-15(9-7-14)12-23-19(27)13-29-20-11-10-18(25-26-20)24-21(28)16-4-2-3-5-17(16)22/h2-11H,12-13H2,1H3,(H,23,27)(H,24,25,28). The fourth-order valence-electron chi connectivity index (χ4n) is 2.39. The second-order valence-electron chi connectivity index (χ2n) is 6.24. The van der Waals surface area contributed by atoms with E-state index in [1.807, 2.05) is 31.2 Å². The first-order chi connectivity index (χ1) is 14.0. The quantitative estimate of drug-likeness (QED) is 0.582. The topological polar surface area (TPSA) is 84.0 Å². The van der Waals surface area contributed by atoms with Crippen molar-refractivity contribution < 1.29 is 14.0 Å². The summed E-state index contributed by atoms with van der Waals surface area (Å²) in [6.45, 7) is 2.48. The molecule has 0 radical (unpaired) electrons. The molecule has 0 atom stereocenters. The number of nitrogens with one attached hydrogen (secondary N) is 2. The van der Waals surface area contributed by atoms with Crippen LogP contribution in [0.15, 0.2) is 65.7 Å². The maximum absolute atomic E-state index is 13.6. The fraction of sp³-hybridized carbons (Fsp3) is 0.143. The molecule has 0 aliphatic heterocycles. The van der Waals surface area contributed by atoms with Crippen molar-refractivity contribution in [3.63, 3.8) is 0 Å². The lowest BCUT2D eigenvalue weighted by atomic mass is 10.1. The molecular formula is C21H19FN4O2S. The summed E-state index contributed by atoms with van der Waals surface area (Å²) < 4.78 is 13.6. The first-order valence-electron chi connectivity index (χ1n) is 8.86. The minimum Gasteiger partial charge on any atom is -0.351 e. The smallest absolute Gasteiger partial charge is 0.259 e. The lowest BCUT2D eigenvalue weighted by molar-refractivity contribution is -0.118. The molecule has 2 aromatic carbocycles. The molecule has 3 rings (SSSR count). The van der Waals surface area contributed by atoms with Gasteiger partial charge in [-0.05, 0) is 36.8 Å². The first kappa shape index (κ1) is 20.5. The highest BCUT2D eigenvalue weighted by Gasteiger charge is 2.12. The minimum absolute atomic E-state index is 0.0713. The van der Waals surface area contributed by atoms with Crippen molar-refractivity contribution in [1.82, 2.24) is 15.5 Å². The summed E-state index contributed by atoms with van der Waals surface area (Å²) in [6.07, 6.45) is 0. The Labute approximate surface area is 171 Å². The Bertz CT molecular complexity index is 994. The molecule has 0 saturated heterocycles. The van der Waals surface area contributed by atoms with Crippen LogP contribution < -0.4 is 10.6 Å². The van der Waals surface area contributed by atoms with E-state index in [-0.39, 0.29) is 23.0 Å². The number of hydrogen-bond donors (Lipinski definition) is 2. The molecule has 2 amide bonds. The normalized spacial score (nSPS) is 10.4. The number of carbonyl (C=O) groups excluding carboxylic acids is 2. The van der Waals surface area contributed by atoms with Crippen LogP contribution in [0.4, 0.5) is 10.2 Å². The number of hydrogen-bond acceptors (Lipinski definition) is 5. The SMILES string of the molecule is Cc1ccc(CNC(=O)CSc2ccc(NC(=O)c3ccccc3F)nn2)cc1. The molecule has 0 spiro atoms. The van der Waals surface area contributed by atoms with Crippen LogP contribution in [0, 0.1) is 12.7 Å². The molecular weight excluding hydrogens is 391 g/mol. The van der Waals surface area contributed by atoms with E-state index < -0.39 is 11.7 Å². The second-order valence-corrected chi connectivity index (χ2v) is 7.24. The van der Waals surface area contributed by atoms with Crippen LogP contribution in [0.1, 0.15) is 21.5 Å². The van der Waals surface area contributed by atoms with Gasteiger partial charge in [0.1, 0.15) is 10.8 Å². The second kappa shape index (κ2) is 9.79. The van der Waals surface area contributed by atoms with E-state index in [1.165, 1.54) is 35.5 Å². The molecule has 0 aliphatic carbocycles. The van der Waals surface area contributed by atoms with Crippen LogP contribution in [0.5, 0.6) is 0 Å². The van der Waals surface area contributed by atoms with E-state index in [0.29, 0.717) is 11.6 Å². The van der Waals surface area contributed by atoms with Crippen molar-refractivity contribution in [1.29, 1.82) is 0 Å². The first-order valence-corrected chi connectivity index (χ1v) is 9.84. The summed E-state index contributed by atoms with van der Waals surface area (Å²) in [5.74, 6) is -0.933. The Hall–Kier alpha value is -3.26. The number of thioether (sulfide) groups is 1. The van der Waals surface area contributed by atoms with Crippen molar-refractivity contribution in [2.24, 2.45) is 0 Å². The van der Waals surface area contributed by atoms with Gasteiger partial charge in [-0.2, -0.15) is 0 Å². The van der Waals surface area contributed by atoms with Gasteiger partial charge >= 0.3 is 0 Å². The highest BCUT2D eigenvalue weighted by Crippen LogP contribution is 2.16. The predicted molar refractivity (Wildman–Crippen MR) is 110 cm³/mol. The maximum atomic E-state index is 13.6. The van der Waals surface area contributed by atoms with E-state index >= 15 is 0 Å². The molecule has 0 saturated carbocycles. The van der Waals surface area contributed by atoms with Crippen LogP contribution in [-0.2, 0) is 11.3 Å². The summed E-state index contributed by atoms with van der Waals surface area (Å²) in [5.41, 5.74) is 2.13. The van der Waals surface area contributed by atoms with Gasteiger partial charge in [0, 0.05) is 6.54 Å². The van der Waals surface area contributed by atoms with Crippen LogP contribution in [0.25, 0.3) is 0 Å². The number of carbonyl (C=O) groups is 2. The van der Waals surface area contributed by atoms with Gasteiger partial charge in [-0.25, -0.2) is 4.39 Å². The third-order valence-electron chi connectivity index (χ3n) is 3.96. The van der Waals surface area contributed by atoms with Crippen LogP contribution in [0.3, 0.4) is 0 Å². The summed E-state index contributed by atoms with van der Waals surface area (Å²) in [4.78, 5) is 24.1. The Morgan fingerprint density at radius 2 is 1.76 bits per heavy atom. The molecule has 6 nitrogen and oxygen atoms in total. The third-order valence-corrected chi connectivity index (χ3v) is 4.88. The van der Waals surface area contributed by atoms with Gasteiger partial charge in [-0.3, -0.25) is 9.59 Å². The number of aromatic nitrogens is 2. The average molecular weight is 410 g/mol. The Morgan fingerprint density at radius 3 is 2.45 bits per heavy atom.